The number of fused-ring (bicyclic) bond motifs is 1. The minimum atomic E-state index is -0.175. The summed E-state index contributed by atoms with van der Waals surface area (Å²) >= 11 is 0. The van der Waals surface area contributed by atoms with Crippen molar-refractivity contribution in [3.8, 4) is 6.07 Å². The molecule has 1 heterocycles. The van der Waals surface area contributed by atoms with Gasteiger partial charge in [-0.2, -0.15) is 10.4 Å². The lowest BCUT2D eigenvalue weighted by atomic mass is 10.2. The number of nitriles is 1. The average molecular weight is 257 g/mol. The lowest BCUT2D eigenvalue weighted by Crippen LogP contribution is -2.06. The summed E-state index contributed by atoms with van der Waals surface area (Å²) < 4.78 is 6.66. The molecule has 0 unspecified atom stereocenters. The number of esters is 1. The van der Waals surface area contributed by atoms with Gasteiger partial charge in [-0.3, -0.25) is 9.48 Å². The van der Waals surface area contributed by atoms with Crippen molar-refractivity contribution in [3.63, 3.8) is 0 Å². The third kappa shape index (κ3) is 3.32. The SMILES string of the molecule is CCOC(=O)CCCn1cc2cc(C#N)ccc2n1. The third-order valence-corrected chi connectivity index (χ3v) is 2.75. The molecule has 98 valence electrons. The van der Waals surface area contributed by atoms with Crippen LogP contribution in [0.1, 0.15) is 25.3 Å². The summed E-state index contributed by atoms with van der Waals surface area (Å²) in [6.45, 7) is 2.88. The van der Waals surface area contributed by atoms with Gasteiger partial charge in [0.1, 0.15) is 0 Å². The molecule has 0 aliphatic heterocycles. The molecule has 0 radical (unpaired) electrons. The standard InChI is InChI=1S/C14H15N3O2/c1-2-19-14(18)4-3-7-17-10-12-8-11(9-15)5-6-13(12)16-17/h5-6,8,10H,2-4,7H2,1H3. The smallest absolute Gasteiger partial charge is 0.305 e. The molecule has 0 fully saturated rings. The molecule has 0 amide bonds. The van der Waals surface area contributed by atoms with E-state index < -0.39 is 0 Å². The van der Waals surface area contributed by atoms with Gasteiger partial charge in [0.25, 0.3) is 0 Å². The molecule has 1 aromatic carbocycles. The van der Waals surface area contributed by atoms with Crippen LogP contribution in [0.2, 0.25) is 0 Å². The van der Waals surface area contributed by atoms with Crippen LogP contribution in [0.4, 0.5) is 0 Å². The van der Waals surface area contributed by atoms with Gasteiger partial charge >= 0.3 is 5.97 Å². The van der Waals surface area contributed by atoms with E-state index in [2.05, 4.69) is 11.2 Å². The number of hydrogen-bond acceptors (Lipinski definition) is 4. The van der Waals surface area contributed by atoms with E-state index in [1.165, 1.54) is 0 Å². The van der Waals surface area contributed by atoms with Gasteiger partial charge in [-0.05, 0) is 31.5 Å². The van der Waals surface area contributed by atoms with Gasteiger partial charge < -0.3 is 4.74 Å². The minimum absolute atomic E-state index is 0.175. The van der Waals surface area contributed by atoms with E-state index >= 15 is 0 Å². The highest BCUT2D eigenvalue weighted by atomic mass is 16.5. The Morgan fingerprint density at radius 2 is 2.37 bits per heavy atom. The molecule has 2 aromatic rings. The number of carbonyl (C=O) groups excluding carboxylic acids is 1. The van der Waals surface area contributed by atoms with Crippen LogP contribution < -0.4 is 0 Å². The molecule has 19 heavy (non-hydrogen) atoms. The third-order valence-electron chi connectivity index (χ3n) is 2.75. The van der Waals surface area contributed by atoms with Crippen molar-refractivity contribution in [1.29, 1.82) is 5.26 Å². The van der Waals surface area contributed by atoms with Crippen LogP contribution in [0.5, 0.6) is 0 Å². The Balaban J connectivity index is 1.98. The Bertz CT molecular complexity index is 625. The normalized spacial score (nSPS) is 10.3. The highest BCUT2D eigenvalue weighted by Crippen LogP contribution is 2.14. The van der Waals surface area contributed by atoms with Crippen molar-refractivity contribution in [2.24, 2.45) is 0 Å². The number of aryl methyl sites for hydroxylation is 1. The monoisotopic (exact) mass is 257 g/mol. The van der Waals surface area contributed by atoms with Gasteiger partial charge in [-0.25, -0.2) is 0 Å². The van der Waals surface area contributed by atoms with Crippen LogP contribution >= 0.6 is 0 Å². The number of rotatable bonds is 5. The number of hydrogen-bond donors (Lipinski definition) is 0. The maximum atomic E-state index is 11.2. The first-order valence-corrected chi connectivity index (χ1v) is 6.26. The quantitative estimate of drug-likeness (QED) is 0.770. The van der Waals surface area contributed by atoms with Gasteiger partial charge in [0, 0.05) is 24.5 Å². The molecule has 5 heteroatoms. The Morgan fingerprint density at radius 3 is 3.11 bits per heavy atom. The number of aromatic nitrogens is 2. The second-order valence-corrected chi connectivity index (χ2v) is 4.19. The molecule has 0 spiro atoms. The minimum Gasteiger partial charge on any atom is -0.466 e. The lowest BCUT2D eigenvalue weighted by Gasteiger charge is -2.01. The summed E-state index contributed by atoms with van der Waals surface area (Å²) in [4.78, 5) is 11.2. The largest absolute Gasteiger partial charge is 0.466 e. The van der Waals surface area contributed by atoms with E-state index in [-0.39, 0.29) is 5.97 Å². The Labute approximate surface area is 111 Å². The fourth-order valence-corrected chi connectivity index (χ4v) is 1.88. The van der Waals surface area contributed by atoms with Gasteiger partial charge in [-0.15, -0.1) is 0 Å². The molecule has 0 aliphatic carbocycles. The summed E-state index contributed by atoms with van der Waals surface area (Å²) in [5.41, 5.74) is 1.48. The van der Waals surface area contributed by atoms with Crippen molar-refractivity contribution >= 4 is 16.9 Å². The van der Waals surface area contributed by atoms with Crippen molar-refractivity contribution < 1.29 is 9.53 Å². The van der Waals surface area contributed by atoms with Gasteiger partial charge in [0.05, 0.1) is 23.8 Å². The molecule has 1 aromatic heterocycles. The first-order chi connectivity index (χ1) is 9.22. The molecular formula is C14H15N3O2. The number of nitrogens with zero attached hydrogens (tertiary/aromatic N) is 3. The van der Waals surface area contributed by atoms with Crippen LogP contribution in [0.25, 0.3) is 10.9 Å². The second kappa shape index (κ2) is 6.01. The predicted molar refractivity (Wildman–Crippen MR) is 70.3 cm³/mol. The zero-order chi connectivity index (χ0) is 13.7. The van der Waals surface area contributed by atoms with Crippen LogP contribution in [0, 0.1) is 11.3 Å². The van der Waals surface area contributed by atoms with Crippen molar-refractivity contribution in [1.82, 2.24) is 9.78 Å². The molecule has 0 atom stereocenters. The van der Waals surface area contributed by atoms with Gasteiger partial charge in [-0.1, -0.05) is 0 Å². The summed E-state index contributed by atoms with van der Waals surface area (Å²) in [5.74, 6) is -0.175. The second-order valence-electron chi connectivity index (χ2n) is 4.19. The zero-order valence-electron chi connectivity index (χ0n) is 10.8. The molecule has 0 saturated carbocycles. The molecule has 0 saturated heterocycles. The Kier molecular flexibility index (Phi) is 4.14. The number of ether oxygens (including phenoxy) is 1. The van der Waals surface area contributed by atoms with Gasteiger partial charge in [0.15, 0.2) is 0 Å². The zero-order valence-corrected chi connectivity index (χ0v) is 10.8. The first kappa shape index (κ1) is 13.1. The molecule has 2 rings (SSSR count). The van der Waals surface area contributed by atoms with Crippen LogP contribution in [0.3, 0.4) is 0 Å². The lowest BCUT2D eigenvalue weighted by molar-refractivity contribution is -0.143. The van der Waals surface area contributed by atoms with Crippen molar-refractivity contribution in [2.45, 2.75) is 26.3 Å². The van der Waals surface area contributed by atoms with E-state index in [1.807, 2.05) is 18.3 Å². The summed E-state index contributed by atoms with van der Waals surface area (Å²) in [6, 6.07) is 7.49. The summed E-state index contributed by atoms with van der Waals surface area (Å²) in [7, 11) is 0. The summed E-state index contributed by atoms with van der Waals surface area (Å²) in [5, 5.41) is 14.2. The van der Waals surface area contributed by atoms with E-state index in [9.17, 15) is 4.79 Å². The molecule has 0 bridgehead atoms. The highest BCUT2D eigenvalue weighted by molar-refractivity contribution is 5.79. The van der Waals surface area contributed by atoms with Crippen LogP contribution in [0.15, 0.2) is 24.4 Å². The molecular weight excluding hydrogens is 242 g/mol. The van der Waals surface area contributed by atoms with Crippen molar-refractivity contribution in [3.05, 3.63) is 30.0 Å². The molecule has 0 N–H and O–H groups in total. The van der Waals surface area contributed by atoms with E-state index in [0.29, 0.717) is 31.6 Å². The van der Waals surface area contributed by atoms with E-state index in [0.717, 1.165) is 10.9 Å². The molecule has 0 aliphatic rings. The van der Waals surface area contributed by atoms with Gasteiger partial charge in [0.2, 0.25) is 0 Å². The molecule has 5 nitrogen and oxygen atoms in total. The van der Waals surface area contributed by atoms with E-state index in [4.69, 9.17) is 10.00 Å². The van der Waals surface area contributed by atoms with E-state index in [1.54, 1.807) is 17.7 Å². The number of benzene rings is 1. The van der Waals surface area contributed by atoms with Crippen molar-refractivity contribution in [2.75, 3.05) is 6.61 Å². The Hall–Kier alpha value is -2.35. The summed E-state index contributed by atoms with van der Waals surface area (Å²) in [6.07, 6.45) is 2.98. The maximum absolute atomic E-state index is 11.2. The predicted octanol–water partition coefficient (Wildman–Crippen LogP) is 2.25. The average Bonchev–Trinajstić information content (AvgIpc) is 2.80. The highest BCUT2D eigenvalue weighted by Gasteiger charge is 2.04. The topological polar surface area (TPSA) is 67.9 Å². The Morgan fingerprint density at radius 1 is 1.53 bits per heavy atom. The fraction of sp³-hybridized carbons (Fsp3) is 0.357. The number of carbonyl (C=O) groups is 1. The first-order valence-electron chi connectivity index (χ1n) is 6.26. The maximum Gasteiger partial charge on any atom is 0.305 e. The van der Waals surface area contributed by atoms with Crippen LogP contribution in [-0.4, -0.2) is 22.4 Å². The fourth-order valence-electron chi connectivity index (χ4n) is 1.88. The van der Waals surface area contributed by atoms with Crippen LogP contribution in [-0.2, 0) is 16.1 Å².